The summed E-state index contributed by atoms with van der Waals surface area (Å²) in [6.07, 6.45) is 0. The van der Waals surface area contributed by atoms with Gasteiger partial charge in [-0.1, -0.05) is 18.2 Å². The minimum absolute atomic E-state index is 0.285. The highest BCUT2D eigenvalue weighted by Crippen LogP contribution is 2.34. The molecule has 1 aliphatic heterocycles. The van der Waals surface area contributed by atoms with E-state index in [1.54, 1.807) is 18.2 Å². The number of fused-ring (bicyclic) bond motifs is 1. The zero-order chi connectivity index (χ0) is 15.1. The molecular formula is C14H6F3NO3. The van der Waals surface area contributed by atoms with Gasteiger partial charge in [-0.05, 0) is 12.1 Å². The molecule has 2 aromatic carbocycles. The van der Waals surface area contributed by atoms with Crippen molar-refractivity contribution < 1.29 is 27.5 Å². The van der Waals surface area contributed by atoms with Crippen molar-refractivity contribution in [3.63, 3.8) is 0 Å². The molecule has 0 unspecified atom stereocenters. The summed E-state index contributed by atoms with van der Waals surface area (Å²) in [7, 11) is 0. The highest BCUT2D eigenvalue weighted by atomic mass is 19.2. The lowest BCUT2D eigenvalue weighted by Crippen LogP contribution is -2.08. The van der Waals surface area contributed by atoms with Gasteiger partial charge in [0, 0.05) is 5.69 Å². The molecule has 3 rings (SSSR count). The minimum Gasteiger partial charge on any atom is -0.385 e. The number of hydrogen-bond donors (Lipinski definition) is 1. The van der Waals surface area contributed by atoms with E-state index in [1.165, 1.54) is 12.1 Å². The van der Waals surface area contributed by atoms with Gasteiger partial charge < -0.3 is 10.1 Å². The van der Waals surface area contributed by atoms with Gasteiger partial charge in [-0.15, -0.1) is 0 Å². The van der Waals surface area contributed by atoms with Gasteiger partial charge in [0.05, 0.1) is 0 Å². The number of hydrogen-bond acceptors (Lipinski definition) is 4. The molecule has 0 spiro atoms. The van der Waals surface area contributed by atoms with E-state index in [0.29, 0.717) is 0 Å². The van der Waals surface area contributed by atoms with E-state index in [1.807, 2.05) is 0 Å². The molecule has 4 nitrogen and oxygen atoms in total. The third kappa shape index (κ3) is 1.94. The van der Waals surface area contributed by atoms with Crippen molar-refractivity contribution in [3.05, 3.63) is 58.9 Å². The molecule has 0 aromatic heterocycles. The molecule has 0 saturated carbocycles. The number of carbonyl (C=O) groups excluding carboxylic acids is 2. The number of anilines is 2. The van der Waals surface area contributed by atoms with Gasteiger partial charge in [0.25, 0.3) is 0 Å². The van der Waals surface area contributed by atoms with Crippen LogP contribution in [0.2, 0.25) is 0 Å². The van der Waals surface area contributed by atoms with Crippen LogP contribution in [-0.2, 0) is 4.74 Å². The monoisotopic (exact) mass is 293 g/mol. The fourth-order valence-corrected chi connectivity index (χ4v) is 2.01. The maximum Gasteiger partial charge on any atom is 0.350 e. The molecule has 1 aliphatic rings. The topological polar surface area (TPSA) is 55.4 Å². The molecule has 0 atom stereocenters. The number of para-hydroxylation sites is 1. The lowest BCUT2D eigenvalue weighted by Gasteiger charge is -2.11. The van der Waals surface area contributed by atoms with Crippen LogP contribution in [0.3, 0.4) is 0 Å². The van der Waals surface area contributed by atoms with Gasteiger partial charge in [0.1, 0.15) is 16.8 Å². The lowest BCUT2D eigenvalue weighted by atomic mass is 10.1. The van der Waals surface area contributed by atoms with Crippen molar-refractivity contribution in [2.75, 3.05) is 5.32 Å². The summed E-state index contributed by atoms with van der Waals surface area (Å²) in [6.45, 7) is 0. The summed E-state index contributed by atoms with van der Waals surface area (Å²) < 4.78 is 46.0. The number of benzene rings is 2. The zero-order valence-electron chi connectivity index (χ0n) is 10.2. The Kier molecular flexibility index (Phi) is 2.90. The first kappa shape index (κ1) is 13.2. The van der Waals surface area contributed by atoms with Gasteiger partial charge in [-0.25, -0.2) is 22.8 Å². The number of halogens is 3. The number of ether oxygens (including phenoxy) is 1. The van der Waals surface area contributed by atoms with Crippen LogP contribution < -0.4 is 5.32 Å². The van der Waals surface area contributed by atoms with Gasteiger partial charge >= 0.3 is 11.9 Å². The third-order valence-corrected chi connectivity index (χ3v) is 2.96. The molecule has 0 amide bonds. The predicted octanol–water partition coefficient (Wildman–Crippen LogP) is 3.16. The smallest absolute Gasteiger partial charge is 0.350 e. The SMILES string of the molecule is O=C1OC(=O)c2c(F)c(Nc3ccccc3)c(F)c(F)c21. The Labute approximate surface area is 116 Å². The standard InChI is InChI=1S/C14H6F3NO3/c15-9-7-8(14(20)21-13(7)19)10(16)12(11(9)17)18-6-4-2-1-3-5-6/h1-5,18H. The van der Waals surface area contributed by atoms with Crippen LogP contribution >= 0.6 is 0 Å². The number of nitrogens with one attached hydrogen (secondary N) is 1. The highest BCUT2D eigenvalue weighted by molar-refractivity contribution is 6.15. The molecule has 1 N–H and O–H groups in total. The van der Waals surface area contributed by atoms with Gasteiger partial charge in [0.2, 0.25) is 0 Å². The van der Waals surface area contributed by atoms with Crippen molar-refractivity contribution >= 4 is 23.3 Å². The Hall–Kier alpha value is -2.83. The Balaban J connectivity index is 2.19. The summed E-state index contributed by atoms with van der Waals surface area (Å²) in [5.41, 5.74) is -2.50. The van der Waals surface area contributed by atoms with Crippen LogP contribution in [0, 0.1) is 17.5 Å². The van der Waals surface area contributed by atoms with E-state index in [-0.39, 0.29) is 5.69 Å². The molecular weight excluding hydrogens is 287 g/mol. The second kappa shape index (κ2) is 4.62. The van der Waals surface area contributed by atoms with E-state index >= 15 is 0 Å². The summed E-state index contributed by atoms with van der Waals surface area (Å²) in [6, 6.07) is 7.86. The van der Waals surface area contributed by atoms with Crippen molar-refractivity contribution in [2.45, 2.75) is 0 Å². The zero-order valence-corrected chi connectivity index (χ0v) is 10.2. The van der Waals surface area contributed by atoms with E-state index in [9.17, 15) is 22.8 Å². The first-order chi connectivity index (χ1) is 10.0. The van der Waals surface area contributed by atoms with Crippen molar-refractivity contribution in [3.8, 4) is 0 Å². The normalized spacial score (nSPS) is 13.1. The average Bonchev–Trinajstić information content (AvgIpc) is 2.77. The Morgan fingerprint density at radius 1 is 0.810 bits per heavy atom. The first-order valence-electron chi connectivity index (χ1n) is 5.79. The Morgan fingerprint density at radius 3 is 2.00 bits per heavy atom. The van der Waals surface area contributed by atoms with Crippen LogP contribution in [0.25, 0.3) is 0 Å². The number of esters is 2. The average molecular weight is 293 g/mol. The van der Waals surface area contributed by atoms with Crippen LogP contribution in [0.15, 0.2) is 30.3 Å². The molecule has 0 saturated heterocycles. The van der Waals surface area contributed by atoms with Crippen molar-refractivity contribution in [1.29, 1.82) is 0 Å². The fourth-order valence-electron chi connectivity index (χ4n) is 2.01. The number of cyclic esters (lactones) is 2. The van der Waals surface area contributed by atoms with Crippen LogP contribution in [0.4, 0.5) is 24.5 Å². The molecule has 0 bridgehead atoms. The highest BCUT2D eigenvalue weighted by Gasteiger charge is 2.40. The maximum atomic E-state index is 14.2. The molecule has 2 aromatic rings. The molecule has 21 heavy (non-hydrogen) atoms. The maximum absolute atomic E-state index is 14.2. The summed E-state index contributed by atoms with van der Waals surface area (Å²) in [5.74, 6) is -7.34. The first-order valence-corrected chi connectivity index (χ1v) is 5.79. The van der Waals surface area contributed by atoms with Gasteiger partial charge in [-0.3, -0.25) is 0 Å². The fraction of sp³-hybridized carbons (Fsp3) is 0. The molecule has 0 radical (unpaired) electrons. The number of rotatable bonds is 2. The third-order valence-electron chi connectivity index (χ3n) is 2.96. The Bertz CT molecular complexity index is 775. The van der Waals surface area contributed by atoms with E-state index < -0.39 is 46.2 Å². The quantitative estimate of drug-likeness (QED) is 0.525. The van der Waals surface area contributed by atoms with Crippen molar-refractivity contribution in [1.82, 2.24) is 0 Å². The summed E-state index contributed by atoms with van der Waals surface area (Å²) in [4.78, 5) is 22.6. The van der Waals surface area contributed by atoms with Crippen LogP contribution in [-0.4, -0.2) is 11.9 Å². The molecule has 106 valence electrons. The van der Waals surface area contributed by atoms with E-state index in [0.717, 1.165) is 0 Å². The Morgan fingerprint density at radius 2 is 1.38 bits per heavy atom. The van der Waals surface area contributed by atoms with E-state index in [4.69, 9.17) is 0 Å². The van der Waals surface area contributed by atoms with Crippen LogP contribution in [0.5, 0.6) is 0 Å². The van der Waals surface area contributed by atoms with Gasteiger partial charge in [0.15, 0.2) is 17.5 Å². The second-order valence-corrected chi connectivity index (χ2v) is 4.23. The summed E-state index contributed by atoms with van der Waals surface area (Å²) in [5, 5.41) is 2.34. The lowest BCUT2D eigenvalue weighted by molar-refractivity contribution is 0.0440. The minimum atomic E-state index is -1.62. The van der Waals surface area contributed by atoms with Gasteiger partial charge in [-0.2, -0.15) is 0 Å². The predicted molar refractivity (Wildman–Crippen MR) is 65.8 cm³/mol. The van der Waals surface area contributed by atoms with Crippen LogP contribution in [0.1, 0.15) is 20.7 Å². The largest absolute Gasteiger partial charge is 0.385 e. The van der Waals surface area contributed by atoms with Crippen molar-refractivity contribution in [2.24, 2.45) is 0 Å². The van der Waals surface area contributed by atoms with E-state index in [2.05, 4.69) is 10.1 Å². The molecule has 7 heteroatoms. The second-order valence-electron chi connectivity index (χ2n) is 4.23. The number of carbonyl (C=O) groups is 2. The summed E-state index contributed by atoms with van der Waals surface area (Å²) >= 11 is 0. The molecule has 0 aliphatic carbocycles. The molecule has 1 heterocycles. The molecule has 0 fully saturated rings.